The zero-order valence-corrected chi connectivity index (χ0v) is 15.4. The number of carbonyl (C=O) groups excluding carboxylic acids is 2. The Morgan fingerprint density at radius 2 is 2.00 bits per heavy atom. The largest absolute Gasteiger partial charge is 0.458 e. The maximum atomic E-state index is 12.4. The van der Waals surface area contributed by atoms with Gasteiger partial charge >= 0.3 is 12.0 Å². The van der Waals surface area contributed by atoms with Gasteiger partial charge in [0.1, 0.15) is 17.7 Å². The van der Waals surface area contributed by atoms with E-state index in [2.05, 4.69) is 10.3 Å². The zero-order valence-electron chi connectivity index (χ0n) is 13.8. The van der Waals surface area contributed by atoms with E-state index in [0.29, 0.717) is 12.1 Å². The van der Waals surface area contributed by atoms with E-state index in [9.17, 15) is 9.59 Å². The van der Waals surface area contributed by atoms with Gasteiger partial charge in [0.2, 0.25) is 0 Å². The highest BCUT2D eigenvalue weighted by atomic mass is 32.1. The molecule has 0 bridgehead atoms. The molecule has 3 rings (SSSR count). The Labute approximate surface area is 158 Å². The molecule has 0 saturated carbocycles. The molecule has 26 heavy (non-hydrogen) atoms. The Hall–Kier alpha value is -2.71. The topological polar surface area (TPSA) is 94.3 Å². The molecule has 134 valence electrons. The summed E-state index contributed by atoms with van der Waals surface area (Å²) in [5, 5.41) is 9.18. The molecule has 1 atom stereocenters. The average molecular weight is 387 g/mol. The van der Waals surface area contributed by atoms with Crippen LogP contribution >= 0.6 is 22.7 Å². The second-order valence-corrected chi connectivity index (χ2v) is 7.15. The first-order valence-electron chi connectivity index (χ1n) is 7.85. The molecule has 2 aromatic heterocycles. The second kappa shape index (κ2) is 8.59. The Balaban J connectivity index is 1.61. The SMILES string of the molecule is NC(=O)N[C@@H](Cc1ccccc1)C(=O)OCc1csc(-c2ccsc2)n1. The molecule has 0 aliphatic carbocycles. The Morgan fingerprint density at radius 3 is 2.69 bits per heavy atom. The number of primary amides is 1. The molecular formula is C18H17N3O3S2. The highest BCUT2D eigenvalue weighted by Gasteiger charge is 2.22. The molecule has 1 aromatic carbocycles. The number of benzene rings is 1. The van der Waals surface area contributed by atoms with Gasteiger partial charge in [-0.25, -0.2) is 14.6 Å². The summed E-state index contributed by atoms with van der Waals surface area (Å²) < 4.78 is 5.33. The van der Waals surface area contributed by atoms with Gasteiger partial charge in [0.05, 0.1) is 5.69 Å². The van der Waals surface area contributed by atoms with Gasteiger partial charge in [-0.15, -0.1) is 11.3 Å². The van der Waals surface area contributed by atoms with Crippen LogP contribution in [-0.4, -0.2) is 23.0 Å². The van der Waals surface area contributed by atoms with E-state index >= 15 is 0 Å². The number of thiazole rings is 1. The number of amides is 2. The van der Waals surface area contributed by atoms with Gasteiger partial charge in [0.25, 0.3) is 0 Å². The molecule has 0 aliphatic heterocycles. The van der Waals surface area contributed by atoms with E-state index in [1.54, 1.807) is 11.3 Å². The van der Waals surface area contributed by atoms with Crippen LogP contribution in [0.15, 0.2) is 52.5 Å². The number of rotatable bonds is 7. The molecule has 0 spiro atoms. The van der Waals surface area contributed by atoms with Crippen LogP contribution in [0.3, 0.4) is 0 Å². The molecule has 0 fully saturated rings. The van der Waals surface area contributed by atoms with Gasteiger partial charge in [-0.3, -0.25) is 0 Å². The predicted octanol–water partition coefficient (Wildman–Crippen LogP) is 3.19. The molecule has 2 amide bonds. The summed E-state index contributed by atoms with van der Waals surface area (Å²) in [6.45, 7) is 0.0468. The first-order valence-corrected chi connectivity index (χ1v) is 9.67. The van der Waals surface area contributed by atoms with Crippen molar-refractivity contribution in [2.75, 3.05) is 0 Å². The fourth-order valence-corrected chi connectivity index (χ4v) is 3.87. The second-order valence-electron chi connectivity index (χ2n) is 5.51. The number of thiophene rings is 1. The van der Waals surface area contributed by atoms with Gasteiger partial charge in [0.15, 0.2) is 0 Å². The molecule has 0 radical (unpaired) electrons. The minimum Gasteiger partial charge on any atom is -0.458 e. The summed E-state index contributed by atoms with van der Waals surface area (Å²) in [7, 11) is 0. The first kappa shape index (κ1) is 18.1. The van der Waals surface area contributed by atoms with Crippen molar-refractivity contribution >= 4 is 34.7 Å². The summed E-state index contributed by atoms with van der Waals surface area (Å²) in [6, 6.07) is 9.73. The Bertz CT molecular complexity index is 863. The van der Waals surface area contributed by atoms with Crippen LogP contribution in [0.2, 0.25) is 0 Å². The van der Waals surface area contributed by atoms with E-state index < -0.39 is 18.0 Å². The van der Waals surface area contributed by atoms with Crippen LogP contribution in [0, 0.1) is 0 Å². The molecule has 2 heterocycles. The zero-order chi connectivity index (χ0) is 18.4. The summed E-state index contributed by atoms with van der Waals surface area (Å²) in [6.07, 6.45) is 0.305. The summed E-state index contributed by atoms with van der Waals surface area (Å²) >= 11 is 3.10. The highest BCUT2D eigenvalue weighted by Crippen LogP contribution is 2.25. The molecule has 0 saturated heterocycles. The Kier molecular flexibility index (Phi) is 5.98. The number of aromatic nitrogens is 1. The van der Waals surface area contributed by atoms with E-state index in [0.717, 1.165) is 16.1 Å². The number of esters is 1. The van der Waals surface area contributed by atoms with Crippen molar-refractivity contribution in [3.05, 3.63) is 63.8 Å². The molecule has 8 heteroatoms. The van der Waals surface area contributed by atoms with Crippen molar-refractivity contribution in [1.82, 2.24) is 10.3 Å². The molecule has 0 aliphatic rings. The van der Waals surface area contributed by atoms with Crippen molar-refractivity contribution in [2.45, 2.75) is 19.1 Å². The predicted molar refractivity (Wildman–Crippen MR) is 102 cm³/mol. The van der Waals surface area contributed by atoms with Gasteiger partial charge in [0, 0.05) is 22.7 Å². The van der Waals surface area contributed by atoms with Crippen LogP contribution < -0.4 is 11.1 Å². The van der Waals surface area contributed by atoms with Gasteiger partial charge in [-0.05, 0) is 17.0 Å². The molecule has 6 nitrogen and oxygen atoms in total. The number of nitrogens with two attached hydrogens (primary N) is 1. The van der Waals surface area contributed by atoms with Crippen LogP contribution in [0.1, 0.15) is 11.3 Å². The van der Waals surface area contributed by atoms with E-state index in [1.807, 2.05) is 52.5 Å². The maximum Gasteiger partial charge on any atom is 0.329 e. The van der Waals surface area contributed by atoms with Crippen LogP contribution in [-0.2, 0) is 22.6 Å². The number of hydrogen-bond donors (Lipinski definition) is 2. The standard InChI is InChI=1S/C18H17N3O3S2/c19-18(23)21-15(8-12-4-2-1-3-5-12)17(22)24-9-14-11-26-16(20-14)13-6-7-25-10-13/h1-7,10-11,15H,8-9H2,(H3,19,21,23)/t15-/m0/s1. The lowest BCUT2D eigenvalue weighted by atomic mass is 10.1. The number of urea groups is 1. The van der Waals surface area contributed by atoms with E-state index in [4.69, 9.17) is 10.5 Å². The number of hydrogen-bond acceptors (Lipinski definition) is 6. The quantitative estimate of drug-likeness (QED) is 0.609. The maximum absolute atomic E-state index is 12.4. The summed E-state index contributed by atoms with van der Waals surface area (Å²) in [5.74, 6) is -0.544. The van der Waals surface area contributed by atoms with Gasteiger partial charge in [-0.2, -0.15) is 11.3 Å². The smallest absolute Gasteiger partial charge is 0.329 e. The third kappa shape index (κ3) is 4.90. The van der Waals surface area contributed by atoms with Crippen LogP contribution in [0.5, 0.6) is 0 Å². The molecular weight excluding hydrogens is 370 g/mol. The van der Waals surface area contributed by atoms with Crippen molar-refractivity contribution in [2.24, 2.45) is 5.73 Å². The minimum absolute atomic E-state index is 0.0468. The number of ether oxygens (including phenoxy) is 1. The lowest BCUT2D eigenvalue weighted by molar-refractivity contribution is -0.147. The monoisotopic (exact) mass is 387 g/mol. The van der Waals surface area contributed by atoms with E-state index in [1.165, 1.54) is 11.3 Å². The van der Waals surface area contributed by atoms with Crippen molar-refractivity contribution in [1.29, 1.82) is 0 Å². The minimum atomic E-state index is -0.843. The van der Waals surface area contributed by atoms with Crippen molar-refractivity contribution in [3.63, 3.8) is 0 Å². The fraction of sp³-hybridized carbons (Fsp3) is 0.167. The number of nitrogens with one attached hydrogen (secondary N) is 1. The van der Waals surface area contributed by atoms with Crippen molar-refractivity contribution < 1.29 is 14.3 Å². The van der Waals surface area contributed by atoms with Crippen LogP contribution in [0.25, 0.3) is 10.6 Å². The number of carbonyl (C=O) groups is 2. The Morgan fingerprint density at radius 1 is 1.19 bits per heavy atom. The normalized spacial score (nSPS) is 11.7. The van der Waals surface area contributed by atoms with Crippen molar-refractivity contribution in [3.8, 4) is 10.6 Å². The van der Waals surface area contributed by atoms with Gasteiger partial charge < -0.3 is 15.8 Å². The lowest BCUT2D eigenvalue weighted by Gasteiger charge is -2.16. The highest BCUT2D eigenvalue weighted by molar-refractivity contribution is 7.14. The van der Waals surface area contributed by atoms with E-state index in [-0.39, 0.29) is 6.61 Å². The molecule has 3 aromatic rings. The lowest BCUT2D eigenvalue weighted by Crippen LogP contribution is -2.45. The van der Waals surface area contributed by atoms with Gasteiger partial charge in [-0.1, -0.05) is 30.3 Å². The summed E-state index contributed by atoms with van der Waals surface area (Å²) in [5.41, 5.74) is 7.80. The third-order valence-corrected chi connectivity index (χ3v) is 5.19. The third-order valence-electron chi connectivity index (χ3n) is 3.57. The molecule has 0 unspecified atom stereocenters. The fourth-order valence-electron chi connectivity index (χ4n) is 2.35. The summed E-state index contributed by atoms with van der Waals surface area (Å²) in [4.78, 5) is 28.0. The van der Waals surface area contributed by atoms with Crippen LogP contribution in [0.4, 0.5) is 4.79 Å². The first-order chi connectivity index (χ1) is 12.6. The average Bonchev–Trinajstić information content (AvgIpc) is 3.31. The molecule has 3 N–H and O–H groups in total. The number of nitrogens with zero attached hydrogens (tertiary/aromatic N) is 1.